The Morgan fingerprint density at radius 1 is 1.14 bits per heavy atom. The number of halogens is 1. The second kappa shape index (κ2) is 8.52. The van der Waals surface area contributed by atoms with Gasteiger partial charge in [0, 0.05) is 18.0 Å². The first-order valence-electron chi connectivity index (χ1n) is 8.93. The molecule has 2 atom stereocenters. The summed E-state index contributed by atoms with van der Waals surface area (Å²) < 4.78 is 10.6. The summed E-state index contributed by atoms with van der Waals surface area (Å²) in [6.07, 6.45) is 0.567. The van der Waals surface area contributed by atoms with E-state index in [9.17, 15) is 14.7 Å². The van der Waals surface area contributed by atoms with Gasteiger partial charge in [-0.1, -0.05) is 29.8 Å². The Labute approximate surface area is 168 Å². The molecule has 0 aromatic heterocycles. The van der Waals surface area contributed by atoms with Crippen molar-refractivity contribution in [2.24, 2.45) is 5.92 Å². The van der Waals surface area contributed by atoms with Crippen LogP contribution < -0.4 is 9.47 Å². The van der Waals surface area contributed by atoms with Crippen LogP contribution >= 0.6 is 11.6 Å². The van der Waals surface area contributed by atoms with E-state index in [1.807, 2.05) is 18.2 Å². The van der Waals surface area contributed by atoms with Gasteiger partial charge in [-0.3, -0.25) is 9.59 Å². The van der Waals surface area contributed by atoms with E-state index < -0.39 is 17.9 Å². The van der Waals surface area contributed by atoms with Crippen LogP contribution in [0.1, 0.15) is 23.6 Å². The molecule has 1 fully saturated rings. The summed E-state index contributed by atoms with van der Waals surface area (Å²) >= 11 is 5.96. The minimum absolute atomic E-state index is 0.00540. The van der Waals surface area contributed by atoms with E-state index >= 15 is 0 Å². The molecule has 148 valence electrons. The van der Waals surface area contributed by atoms with E-state index in [-0.39, 0.29) is 12.3 Å². The minimum atomic E-state index is -0.970. The zero-order valence-electron chi connectivity index (χ0n) is 15.7. The fourth-order valence-corrected chi connectivity index (χ4v) is 3.76. The number of methoxy groups -OCH3 is 2. The van der Waals surface area contributed by atoms with Crippen LogP contribution in [0.15, 0.2) is 42.5 Å². The number of hydrogen-bond acceptors (Lipinski definition) is 4. The average Bonchev–Trinajstić information content (AvgIpc) is 3.03. The highest BCUT2D eigenvalue weighted by molar-refractivity contribution is 6.30. The largest absolute Gasteiger partial charge is 0.493 e. The lowest BCUT2D eigenvalue weighted by molar-refractivity contribution is -0.142. The Morgan fingerprint density at radius 2 is 1.82 bits per heavy atom. The minimum Gasteiger partial charge on any atom is -0.493 e. The summed E-state index contributed by atoms with van der Waals surface area (Å²) in [4.78, 5) is 26.0. The van der Waals surface area contributed by atoms with Gasteiger partial charge in [0.25, 0.3) is 0 Å². The van der Waals surface area contributed by atoms with Gasteiger partial charge in [-0.25, -0.2) is 0 Å². The van der Waals surface area contributed by atoms with Crippen LogP contribution in [0.2, 0.25) is 5.02 Å². The number of carbonyl (C=O) groups excluding carboxylic acids is 1. The molecule has 28 heavy (non-hydrogen) atoms. The number of carboxylic acids is 1. The quantitative estimate of drug-likeness (QED) is 0.764. The van der Waals surface area contributed by atoms with E-state index in [0.717, 1.165) is 11.1 Å². The van der Waals surface area contributed by atoms with Gasteiger partial charge in [-0.15, -0.1) is 0 Å². The average molecular weight is 404 g/mol. The molecule has 6 nitrogen and oxygen atoms in total. The predicted molar refractivity (Wildman–Crippen MR) is 105 cm³/mol. The van der Waals surface area contributed by atoms with Gasteiger partial charge in [0.2, 0.25) is 5.91 Å². The maximum absolute atomic E-state index is 12.6. The van der Waals surface area contributed by atoms with Gasteiger partial charge in [0.05, 0.1) is 26.2 Å². The van der Waals surface area contributed by atoms with E-state index in [4.69, 9.17) is 21.1 Å². The molecular formula is C21H22ClNO5. The lowest BCUT2D eigenvalue weighted by Gasteiger charge is -2.27. The first-order chi connectivity index (χ1) is 13.4. The highest BCUT2D eigenvalue weighted by Gasteiger charge is 2.44. The number of rotatable bonds is 7. The number of nitrogens with zero attached hydrogens (tertiary/aromatic N) is 1. The van der Waals surface area contributed by atoms with Gasteiger partial charge < -0.3 is 19.5 Å². The van der Waals surface area contributed by atoms with Crippen LogP contribution in [0.4, 0.5) is 0 Å². The second-order valence-corrected chi connectivity index (χ2v) is 7.11. The van der Waals surface area contributed by atoms with Crippen molar-refractivity contribution in [1.82, 2.24) is 4.90 Å². The number of ether oxygens (including phenoxy) is 2. The van der Waals surface area contributed by atoms with E-state index in [2.05, 4.69) is 0 Å². The van der Waals surface area contributed by atoms with Crippen molar-refractivity contribution in [3.8, 4) is 11.5 Å². The topological polar surface area (TPSA) is 76.1 Å². The Kier molecular flexibility index (Phi) is 6.09. The summed E-state index contributed by atoms with van der Waals surface area (Å²) in [7, 11) is 3.14. The molecule has 1 amide bonds. The third-order valence-electron chi connectivity index (χ3n) is 5.05. The van der Waals surface area contributed by atoms with Crippen molar-refractivity contribution in [3.63, 3.8) is 0 Å². The van der Waals surface area contributed by atoms with Gasteiger partial charge in [-0.2, -0.15) is 0 Å². The van der Waals surface area contributed by atoms with Gasteiger partial charge in [0.1, 0.15) is 0 Å². The van der Waals surface area contributed by atoms with Crippen LogP contribution in [-0.4, -0.2) is 42.6 Å². The van der Waals surface area contributed by atoms with E-state index in [1.165, 1.54) is 0 Å². The van der Waals surface area contributed by atoms with Gasteiger partial charge in [-0.05, 0) is 41.8 Å². The van der Waals surface area contributed by atoms with E-state index in [0.29, 0.717) is 29.5 Å². The molecule has 3 rings (SSSR count). The molecule has 1 N–H and O–H groups in total. The van der Waals surface area contributed by atoms with Gasteiger partial charge >= 0.3 is 5.97 Å². The molecule has 1 saturated heterocycles. The molecule has 2 aromatic carbocycles. The van der Waals surface area contributed by atoms with Crippen molar-refractivity contribution in [2.75, 3.05) is 20.8 Å². The second-order valence-electron chi connectivity index (χ2n) is 6.67. The molecule has 0 saturated carbocycles. The third kappa shape index (κ3) is 4.07. The highest BCUT2D eigenvalue weighted by Crippen LogP contribution is 2.39. The number of likely N-dealkylation sites (tertiary alicyclic amines) is 1. The van der Waals surface area contributed by atoms with E-state index in [1.54, 1.807) is 43.4 Å². The Balaban J connectivity index is 1.83. The Bertz CT molecular complexity index is 868. The van der Waals surface area contributed by atoms with Crippen LogP contribution in [0.25, 0.3) is 0 Å². The van der Waals surface area contributed by atoms with Crippen LogP contribution in [0.3, 0.4) is 0 Å². The van der Waals surface area contributed by atoms with Crippen LogP contribution in [-0.2, 0) is 16.0 Å². The van der Waals surface area contributed by atoms with Crippen molar-refractivity contribution >= 4 is 23.5 Å². The monoisotopic (exact) mass is 403 g/mol. The normalized spacial score (nSPS) is 19.0. The first-order valence-corrected chi connectivity index (χ1v) is 9.31. The highest BCUT2D eigenvalue weighted by atomic mass is 35.5. The molecule has 0 radical (unpaired) electrons. The molecule has 0 aliphatic carbocycles. The van der Waals surface area contributed by atoms with Crippen molar-refractivity contribution in [2.45, 2.75) is 18.9 Å². The maximum atomic E-state index is 12.6. The lowest BCUT2D eigenvalue weighted by Crippen LogP contribution is -2.32. The Hall–Kier alpha value is -2.73. The number of carboxylic acid groups (broad SMARTS) is 1. The zero-order chi connectivity index (χ0) is 20.3. The Morgan fingerprint density at radius 3 is 2.43 bits per heavy atom. The standard InChI is InChI=1S/C21H22ClNO5/c1-27-17-8-3-13(11-18(17)28-2)9-10-23-19(24)12-16(21(25)26)20(23)14-4-6-15(22)7-5-14/h3-8,11,16,20H,9-10,12H2,1-2H3,(H,25,26). The van der Waals surface area contributed by atoms with Crippen LogP contribution in [0, 0.1) is 5.92 Å². The molecule has 2 unspecified atom stereocenters. The number of aliphatic carboxylic acids is 1. The first kappa shape index (κ1) is 20.0. The summed E-state index contributed by atoms with van der Waals surface area (Å²) in [6.45, 7) is 0.408. The maximum Gasteiger partial charge on any atom is 0.309 e. The molecule has 7 heteroatoms. The summed E-state index contributed by atoms with van der Waals surface area (Å²) in [5.74, 6) is -0.660. The van der Waals surface area contributed by atoms with Crippen molar-refractivity contribution in [1.29, 1.82) is 0 Å². The van der Waals surface area contributed by atoms with Gasteiger partial charge in [0.15, 0.2) is 11.5 Å². The third-order valence-corrected chi connectivity index (χ3v) is 5.30. The molecular weight excluding hydrogens is 382 g/mol. The molecule has 2 aromatic rings. The molecule has 0 bridgehead atoms. The molecule has 1 aliphatic heterocycles. The fourth-order valence-electron chi connectivity index (χ4n) is 3.63. The number of hydrogen-bond donors (Lipinski definition) is 1. The summed E-state index contributed by atoms with van der Waals surface area (Å²) in [5, 5.41) is 10.2. The number of benzene rings is 2. The summed E-state index contributed by atoms with van der Waals surface area (Å²) in [5.41, 5.74) is 1.74. The molecule has 0 spiro atoms. The zero-order valence-corrected chi connectivity index (χ0v) is 16.5. The SMILES string of the molecule is COc1ccc(CCN2C(=O)CC(C(=O)O)C2c2ccc(Cl)cc2)cc1OC. The predicted octanol–water partition coefficient (Wildman–Crippen LogP) is 3.57. The van der Waals surface area contributed by atoms with Crippen molar-refractivity contribution < 1.29 is 24.2 Å². The summed E-state index contributed by atoms with van der Waals surface area (Å²) in [6, 6.07) is 12.1. The number of carbonyl (C=O) groups is 2. The molecule has 1 aliphatic rings. The number of amides is 1. The van der Waals surface area contributed by atoms with Crippen LogP contribution in [0.5, 0.6) is 11.5 Å². The smallest absolute Gasteiger partial charge is 0.309 e. The fraction of sp³-hybridized carbons (Fsp3) is 0.333. The molecule has 1 heterocycles. The van der Waals surface area contributed by atoms with Crippen molar-refractivity contribution in [3.05, 3.63) is 58.6 Å². The lowest BCUT2D eigenvalue weighted by atomic mass is 9.93.